The van der Waals surface area contributed by atoms with Crippen LogP contribution in [-0.4, -0.2) is 37.2 Å². The van der Waals surface area contributed by atoms with Gasteiger partial charge in [0.15, 0.2) is 11.6 Å². The minimum atomic E-state index is -1.18. The SMILES string of the molecule is Cc1nc(C)c2ncn(CCCC3C(=O)OC(C)(C)OC3=O)c2n1. The van der Waals surface area contributed by atoms with Gasteiger partial charge in [0, 0.05) is 20.4 Å². The van der Waals surface area contributed by atoms with Crippen LogP contribution in [0.5, 0.6) is 0 Å². The molecule has 1 saturated heterocycles. The minimum Gasteiger partial charge on any atom is -0.422 e. The van der Waals surface area contributed by atoms with Crippen LogP contribution in [0.1, 0.15) is 38.2 Å². The molecule has 24 heavy (non-hydrogen) atoms. The summed E-state index contributed by atoms with van der Waals surface area (Å²) in [6, 6.07) is 0. The molecule has 2 aromatic rings. The highest BCUT2D eigenvalue weighted by molar-refractivity contribution is 5.96. The molecule has 0 spiro atoms. The van der Waals surface area contributed by atoms with Crippen molar-refractivity contribution in [2.75, 3.05) is 0 Å². The third kappa shape index (κ3) is 3.08. The lowest BCUT2D eigenvalue weighted by atomic mass is 10.0. The molecule has 0 amide bonds. The Kier molecular flexibility index (Phi) is 3.98. The maximum atomic E-state index is 12.0. The van der Waals surface area contributed by atoms with E-state index in [-0.39, 0.29) is 0 Å². The number of hydrogen-bond donors (Lipinski definition) is 0. The van der Waals surface area contributed by atoms with Gasteiger partial charge < -0.3 is 14.0 Å². The molecule has 1 aliphatic rings. The van der Waals surface area contributed by atoms with Gasteiger partial charge in [0.1, 0.15) is 11.3 Å². The van der Waals surface area contributed by atoms with Crippen LogP contribution in [0.2, 0.25) is 0 Å². The van der Waals surface area contributed by atoms with Crippen molar-refractivity contribution >= 4 is 23.1 Å². The highest BCUT2D eigenvalue weighted by Gasteiger charge is 2.42. The predicted molar refractivity (Wildman–Crippen MR) is 83.8 cm³/mol. The fourth-order valence-corrected chi connectivity index (χ4v) is 2.83. The van der Waals surface area contributed by atoms with E-state index in [2.05, 4.69) is 15.0 Å². The van der Waals surface area contributed by atoms with Crippen LogP contribution in [0.15, 0.2) is 6.33 Å². The summed E-state index contributed by atoms with van der Waals surface area (Å²) in [5.74, 6) is -2.42. The Morgan fingerprint density at radius 1 is 1.17 bits per heavy atom. The second kappa shape index (κ2) is 5.85. The number of fused-ring (bicyclic) bond motifs is 1. The van der Waals surface area contributed by atoms with Crippen molar-refractivity contribution in [1.82, 2.24) is 19.5 Å². The van der Waals surface area contributed by atoms with Gasteiger partial charge in [-0.25, -0.2) is 15.0 Å². The van der Waals surface area contributed by atoms with Crippen molar-refractivity contribution in [3.63, 3.8) is 0 Å². The van der Waals surface area contributed by atoms with Crippen molar-refractivity contribution in [3.05, 3.63) is 17.8 Å². The topological polar surface area (TPSA) is 96.2 Å². The molecule has 0 unspecified atom stereocenters. The van der Waals surface area contributed by atoms with Crippen LogP contribution in [0.25, 0.3) is 11.2 Å². The summed E-state index contributed by atoms with van der Waals surface area (Å²) >= 11 is 0. The van der Waals surface area contributed by atoms with Crippen LogP contribution in [-0.2, 0) is 25.6 Å². The van der Waals surface area contributed by atoms with Gasteiger partial charge in [-0.15, -0.1) is 0 Å². The molecule has 0 aliphatic carbocycles. The number of imidazole rings is 1. The standard InChI is InChI=1S/C16H20N4O4/c1-9-12-13(19-10(2)18-9)20(8-17-12)7-5-6-11-14(21)23-16(3,4)24-15(11)22/h8,11H,5-7H2,1-4H3. The Balaban J connectivity index is 1.67. The van der Waals surface area contributed by atoms with Crippen LogP contribution in [0.3, 0.4) is 0 Å². The van der Waals surface area contributed by atoms with Gasteiger partial charge in [-0.05, 0) is 26.7 Å². The molecular formula is C16H20N4O4. The lowest BCUT2D eigenvalue weighted by molar-refractivity contribution is -0.240. The Labute approximate surface area is 139 Å². The summed E-state index contributed by atoms with van der Waals surface area (Å²) in [5, 5.41) is 0. The summed E-state index contributed by atoms with van der Waals surface area (Å²) in [4.78, 5) is 36.9. The van der Waals surface area contributed by atoms with Crippen molar-refractivity contribution in [3.8, 4) is 0 Å². The van der Waals surface area contributed by atoms with Crippen LogP contribution >= 0.6 is 0 Å². The number of rotatable bonds is 4. The third-order valence-corrected chi connectivity index (χ3v) is 3.90. The summed E-state index contributed by atoms with van der Waals surface area (Å²) in [7, 11) is 0. The molecule has 0 aromatic carbocycles. The van der Waals surface area contributed by atoms with E-state index in [1.807, 2.05) is 18.4 Å². The summed E-state index contributed by atoms with van der Waals surface area (Å²) < 4.78 is 12.2. The average molecular weight is 332 g/mol. The Morgan fingerprint density at radius 2 is 1.83 bits per heavy atom. The van der Waals surface area contributed by atoms with E-state index in [4.69, 9.17) is 9.47 Å². The van der Waals surface area contributed by atoms with Gasteiger partial charge in [-0.1, -0.05) is 0 Å². The van der Waals surface area contributed by atoms with Gasteiger partial charge in [-0.3, -0.25) is 9.59 Å². The summed E-state index contributed by atoms with van der Waals surface area (Å²) in [6.45, 7) is 7.40. The Morgan fingerprint density at radius 3 is 2.50 bits per heavy atom. The normalized spacial score (nSPS) is 17.8. The molecule has 3 heterocycles. The number of carbonyl (C=O) groups excluding carboxylic acids is 2. The van der Waals surface area contributed by atoms with Crippen molar-refractivity contribution in [1.29, 1.82) is 0 Å². The molecule has 8 nitrogen and oxygen atoms in total. The lowest BCUT2D eigenvalue weighted by Gasteiger charge is -2.32. The molecule has 0 N–H and O–H groups in total. The highest BCUT2D eigenvalue weighted by atomic mass is 16.7. The van der Waals surface area contributed by atoms with Gasteiger partial charge >= 0.3 is 11.9 Å². The van der Waals surface area contributed by atoms with Crippen LogP contribution < -0.4 is 0 Å². The molecule has 2 aromatic heterocycles. The molecule has 3 rings (SSSR count). The largest absolute Gasteiger partial charge is 0.422 e. The van der Waals surface area contributed by atoms with Gasteiger partial charge in [0.2, 0.25) is 0 Å². The molecule has 0 radical (unpaired) electrons. The number of cyclic esters (lactones) is 2. The third-order valence-electron chi connectivity index (χ3n) is 3.90. The Hall–Kier alpha value is -2.51. The monoisotopic (exact) mass is 332 g/mol. The number of aromatic nitrogens is 4. The first-order valence-electron chi connectivity index (χ1n) is 7.88. The highest BCUT2D eigenvalue weighted by Crippen LogP contribution is 2.26. The smallest absolute Gasteiger partial charge is 0.323 e. The summed E-state index contributed by atoms with van der Waals surface area (Å²) in [5.41, 5.74) is 2.35. The van der Waals surface area contributed by atoms with E-state index >= 15 is 0 Å². The average Bonchev–Trinajstić information content (AvgIpc) is 2.84. The maximum absolute atomic E-state index is 12.0. The van der Waals surface area contributed by atoms with E-state index in [0.29, 0.717) is 25.2 Å². The van der Waals surface area contributed by atoms with Crippen molar-refractivity contribution in [2.45, 2.75) is 52.9 Å². The number of hydrogen-bond acceptors (Lipinski definition) is 7. The van der Waals surface area contributed by atoms with Gasteiger partial charge in [0.25, 0.3) is 5.79 Å². The maximum Gasteiger partial charge on any atom is 0.323 e. The van der Waals surface area contributed by atoms with E-state index in [1.165, 1.54) is 0 Å². The molecule has 0 atom stereocenters. The van der Waals surface area contributed by atoms with Crippen LogP contribution in [0, 0.1) is 19.8 Å². The zero-order chi connectivity index (χ0) is 17.5. The number of carbonyl (C=O) groups is 2. The van der Waals surface area contributed by atoms with Crippen molar-refractivity contribution < 1.29 is 19.1 Å². The second-order valence-electron chi connectivity index (χ2n) is 6.40. The van der Waals surface area contributed by atoms with Crippen molar-refractivity contribution in [2.24, 2.45) is 5.92 Å². The minimum absolute atomic E-state index is 0.358. The van der Waals surface area contributed by atoms with E-state index < -0.39 is 23.6 Å². The molecule has 8 heteroatoms. The number of esters is 2. The molecule has 0 saturated carbocycles. The van der Waals surface area contributed by atoms with E-state index in [1.54, 1.807) is 20.2 Å². The quantitative estimate of drug-likeness (QED) is 0.620. The molecule has 1 aliphatic heterocycles. The molecular weight excluding hydrogens is 312 g/mol. The first kappa shape index (κ1) is 16.4. The Bertz CT molecular complexity index is 792. The predicted octanol–water partition coefficient (Wildman–Crippen LogP) is 1.68. The lowest BCUT2D eigenvalue weighted by Crippen LogP contribution is -2.46. The van der Waals surface area contributed by atoms with Gasteiger partial charge in [0.05, 0.1) is 12.0 Å². The molecule has 128 valence electrons. The van der Waals surface area contributed by atoms with Crippen LogP contribution in [0.4, 0.5) is 0 Å². The number of ether oxygens (including phenoxy) is 2. The number of aryl methyl sites for hydroxylation is 3. The molecule has 1 fully saturated rings. The fraction of sp³-hybridized carbons (Fsp3) is 0.562. The first-order chi connectivity index (χ1) is 11.3. The van der Waals surface area contributed by atoms with E-state index in [9.17, 15) is 9.59 Å². The fourth-order valence-electron chi connectivity index (χ4n) is 2.83. The zero-order valence-corrected chi connectivity index (χ0v) is 14.2. The number of nitrogens with zero attached hydrogens (tertiary/aromatic N) is 4. The molecule has 0 bridgehead atoms. The van der Waals surface area contributed by atoms with E-state index in [0.717, 1.165) is 16.9 Å². The second-order valence-corrected chi connectivity index (χ2v) is 6.40. The first-order valence-corrected chi connectivity index (χ1v) is 7.88. The summed E-state index contributed by atoms with van der Waals surface area (Å²) in [6.07, 6.45) is 2.66. The van der Waals surface area contributed by atoms with Gasteiger partial charge in [-0.2, -0.15) is 0 Å². The zero-order valence-electron chi connectivity index (χ0n) is 14.2.